The Morgan fingerprint density at radius 2 is 1.82 bits per heavy atom. The SMILES string of the molecule is CN(CCCCC(=O)O)Cc1cn(-c2ccccc2)nc1-c1ccc(Cl)cc1. The van der Waals surface area contributed by atoms with Gasteiger partial charge in [0.1, 0.15) is 0 Å². The molecule has 0 unspecified atom stereocenters. The Labute approximate surface area is 170 Å². The second kappa shape index (κ2) is 9.53. The molecule has 0 amide bonds. The fraction of sp³-hybridized carbons (Fsp3) is 0.273. The highest BCUT2D eigenvalue weighted by atomic mass is 35.5. The predicted octanol–water partition coefficient (Wildman–Crippen LogP) is 4.88. The molecule has 0 saturated heterocycles. The number of unbranched alkanes of at least 4 members (excludes halogenated alkanes) is 1. The van der Waals surface area contributed by atoms with E-state index < -0.39 is 5.97 Å². The van der Waals surface area contributed by atoms with Crippen LogP contribution in [0.15, 0.2) is 60.8 Å². The zero-order chi connectivity index (χ0) is 19.9. The first-order valence-electron chi connectivity index (χ1n) is 9.33. The van der Waals surface area contributed by atoms with Crippen molar-refractivity contribution in [3.63, 3.8) is 0 Å². The number of aliphatic carboxylic acids is 1. The average molecular weight is 398 g/mol. The van der Waals surface area contributed by atoms with Gasteiger partial charge in [-0.15, -0.1) is 0 Å². The number of carbonyl (C=O) groups is 1. The smallest absolute Gasteiger partial charge is 0.303 e. The van der Waals surface area contributed by atoms with Gasteiger partial charge in [0.25, 0.3) is 0 Å². The fourth-order valence-corrected chi connectivity index (χ4v) is 3.24. The van der Waals surface area contributed by atoms with Crippen LogP contribution in [-0.4, -0.2) is 39.3 Å². The summed E-state index contributed by atoms with van der Waals surface area (Å²) >= 11 is 6.04. The Balaban J connectivity index is 1.80. The van der Waals surface area contributed by atoms with Crippen LogP contribution in [-0.2, 0) is 11.3 Å². The molecule has 1 N–H and O–H groups in total. The zero-order valence-electron chi connectivity index (χ0n) is 15.9. The normalized spacial score (nSPS) is 11.1. The van der Waals surface area contributed by atoms with E-state index in [1.165, 1.54) is 0 Å². The maximum Gasteiger partial charge on any atom is 0.303 e. The van der Waals surface area contributed by atoms with Gasteiger partial charge in [0, 0.05) is 35.3 Å². The summed E-state index contributed by atoms with van der Waals surface area (Å²) in [5.41, 5.74) is 4.08. The van der Waals surface area contributed by atoms with Gasteiger partial charge < -0.3 is 10.0 Å². The van der Waals surface area contributed by atoms with Crippen LogP contribution in [0.3, 0.4) is 0 Å². The molecule has 0 spiro atoms. The summed E-state index contributed by atoms with van der Waals surface area (Å²) in [6.45, 7) is 1.57. The number of halogens is 1. The maximum absolute atomic E-state index is 10.7. The van der Waals surface area contributed by atoms with Gasteiger partial charge in [0.05, 0.1) is 11.4 Å². The molecule has 1 aromatic heterocycles. The summed E-state index contributed by atoms with van der Waals surface area (Å²) < 4.78 is 1.90. The number of carboxylic acid groups (broad SMARTS) is 1. The van der Waals surface area contributed by atoms with E-state index in [-0.39, 0.29) is 6.42 Å². The van der Waals surface area contributed by atoms with E-state index in [0.29, 0.717) is 11.4 Å². The first-order valence-corrected chi connectivity index (χ1v) is 9.71. The molecule has 2 aromatic carbocycles. The molecular weight excluding hydrogens is 374 g/mol. The zero-order valence-corrected chi connectivity index (χ0v) is 16.6. The number of hydrogen-bond donors (Lipinski definition) is 1. The number of rotatable bonds is 9. The second-order valence-electron chi connectivity index (χ2n) is 6.88. The van der Waals surface area contributed by atoms with Crippen molar-refractivity contribution < 1.29 is 9.90 Å². The minimum atomic E-state index is -0.739. The third kappa shape index (κ3) is 5.44. The second-order valence-corrected chi connectivity index (χ2v) is 7.32. The van der Waals surface area contributed by atoms with Crippen LogP contribution in [0, 0.1) is 0 Å². The van der Waals surface area contributed by atoms with Crippen LogP contribution in [0.5, 0.6) is 0 Å². The number of aromatic nitrogens is 2. The highest BCUT2D eigenvalue weighted by Gasteiger charge is 2.14. The van der Waals surface area contributed by atoms with Gasteiger partial charge in [-0.3, -0.25) is 4.79 Å². The van der Waals surface area contributed by atoms with Crippen LogP contribution in [0.4, 0.5) is 0 Å². The number of hydrogen-bond acceptors (Lipinski definition) is 3. The van der Waals surface area contributed by atoms with Gasteiger partial charge in [0.2, 0.25) is 0 Å². The van der Waals surface area contributed by atoms with Gasteiger partial charge in [0.15, 0.2) is 0 Å². The van der Waals surface area contributed by atoms with Crippen molar-refractivity contribution >= 4 is 17.6 Å². The van der Waals surface area contributed by atoms with Crippen molar-refractivity contribution in [2.24, 2.45) is 0 Å². The molecule has 3 aromatic rings. The maximum atomic E-state index is 10.7. The molecule has 0 atom stereocenters. The van der Waals surface area contributed by atoms with E-state index in [2.05, 4.69) is 11.1 Å². The fourth-order valence-electron chi connectivity index (χ4n) is 3.12. The van der Waals surface area contributed by atoms with Crippen molar-refractivity contribution in [2.75, 3.05) is 13.6 Å². The van der Waals surface area contributed by atoms with E-state index >= 15 is 0 Å². The van der Waals surface area contributed by atoms with Crippen LogP contribution in [0.1, 0.15) is 24.8 Å². The van der Waals surface area contributed by atoms with Crippen LogP contribution < -0.4 is 0 Å². The standard InChI is InChI=1S/C22H24ClN3O2/c1-25(14-6-5-9-21(27)28)15-18-16-26(20-7-3-2-4-8-20)24-22(18)17-10-12-19(23)13-11-17/h2-4,7-8,10-13,16H,5-6,9,14-15H2,1H3,(H,27,28). The lowest BCUT2D eigenvalue weighted by Crippen LogP contribution is -2.19. The van der Waals surface area contributed by atoms with Crippen molar-refractivity contribution in [1.29, 1.82) is 0 Å². The highest BCUT2D eigenvalue weighted by molar-refractivity contribution is 6.30. The average Bonchev–Trinajstić information content (AvgIpc) is 3.10. The molecule has 3 rings (SSSR count). The van der Waals surface area contributed by atoms with E-state index in [9.17, 15) is 4.79 Å². The molecule has 6 heteroatoms. The minimum Gasteiger partial charge on any atom is -0.481 e. The molecule has 0 radical (unpaired) electrons. The van der Waals surface area contributed by atoms with Crippen molar-refractivity contribution in [1.82, 2.24) is 14.7 Å². The van der Waals surface area contributed by atoms with Gasteiger partial charge in [-0.1, -0.05) is 41.9 Å². The molecule has 0 bridgehead atoms. The summed E-state index contributed by atoms with van der Waals surface area (Å²) in [4.78, 5) is 12.9. The number of para-hydroxylation sites is 1. The molecular formula is C22H24ClN3O2. The van der Waals surface area contributed by atoms with E-state index in [4.69, 9.17) is 21.8 Å². The Morgan fingerprint density at radius 1 is 1.11 bits per heavy atom. The predicted molar refractivity (Wildman–Crippen MR) is 112 cm³/mol. The third-order valence-corrected chi connectivity index (χ3v) is 4.80. The van der Waals surface area contributed by atoms with E-state index in [0.717, 1.165) is 42.0 Å². The van der Waals surface area contributed by atoms with E-state index in [1.54, 1.807) is 0 Å². The molecule has 5 nitrogen and oxygen atoms in total. The van der Waals surface area contributed by atoms with Gasteiger partial charge >= 0.3 is 5.97 Å². The quantitative estimate of drug-likeness (QED) is 0.523. The lowest BCUT2D eigenvalue weighted by atomic mass is 10.1. The lowest BCUT2D eigenvalue weighted by Gasteiger charge is -2.16. The summed E-state index contributed by atoms with van der Waals surface area (Å²) in [6.07, 6.45) is 3.82. The molecule has 0 fully saturated rings. The molecule has 0 aliphatic heterocycles. The largest absolute Gasteiger partial charge is 0.481 e. The van der Waals surface area contributed by atoms with Crippen LogP contribution >= 0.6 is 11.6 Å². The highest BCUT2D eigenvalue weighted by Crippen LogP contribution is 2.26. The minimum absolute atomic E-state index is 0.218. The molecule has 1 heterocycles. The van der Waals surface area contributed by atoms with Crippen molar-refractivity contribution in [3.05, 3.63) is 71.4 Å². The monoisotopic (exact) mass is 397 g/mol. The first kappa shape index (κ1) is 20.1. The molecule has 28 heavy (non-hydrogen) atoms. The van der Waals surface area contributed by atoms with E-state index in [1.807, 2.05) is 66.3 Å². The number of nitrogens with zero attached hydrogens (tertiary/aromatic N) is 3. The Morgan fingerprint density at radius 3 is 2.50 bits per heavy atom. The molecule has 0 aliphatic rings. The lowest BCUT2D eigenvalue weighted by molar-refractivity contribution is -0.137. The first-order chi connectivity index (χ1) is 13.5. The Kier molecular flexibility index (Phi) is 6.85. The van der Waals surface area contributed by atoms with Crippen LogP contribution in [0.25, 0.3) is 16.9 Å². The third-order valence-electron chi connectivity index (χ3n) is 4.55. The van der Waals surface area contributed by atoms with Crippen LogP contribution in [0.2, 0.25) is 5.02 Å². The Hall–Kier alpha value is -2.63. The summed E-state index contributed by atoms with van der Waals surface area (Å²) in [5, 5.41) is 14.3. The molecule has 146 valence electrons. The number of benzene rings is 2. The summed E-state index contributed by atoms with van der Waals surface area (Å²) in [5.74, 6) is -0.739. The Bertz CT molecular complexity index is 907. The molecule has 0 aliphatic carbocycles. The van der Waals surface area contributed by atoms with Gasteiger partial charge in [-0.2, -0.15) is 5.10 Å². The van der Waals surface area contributed by atoms with Crippen molar-refractivity contribution in [2.45, 2.75) is 25.8 Å². The van der Waals surface area contributed by atoms with Gasteiger partial charge in [-0.05, 0) is 50.7 Å². The summed E-state index contributed by atoms with van der Waals surface area (Å²) in [6, 6.07) is 17.7. The number of carboxylic acids is 1. The van der Waals surface area contributed by atoms with Gasteiger partial charge in [-0.25, -0.2) is 4.68 Å². The summed E-state index contributed by atoms with van der Waals surface area (Å²) in [7, 11) is 2.05. The van der Waals surface area contributed by atoms with Crippen molar-refractivity contribution in [3.8, 4) is 16.9 Å². The topological polar surface area (TPSA) is 58.4 Å². The molecule has 0 saturated carbocycles.